The molecule has 0 spiro atoms. The summed E-state index contributed by atoms with van der Waals surface area (Å²) in [6.07, 6.45) is 10.3. The summed E-state index contributed by atoms with van der Waals surface area (Å²) in [5.74, 6) is 0.768. The Bertz CT molecular complexity index is 340. The number of aromatic nitrogens is 2. The topological polar surface area (TPSA) is 37.8 Å². The molecule has 0 unspecified atom stereocenters. The van der Waals surface area contributed by atoms with Crippen LogP contribution in [0.4, 0.5) is 5.82 Å². The molecule has 2 rings (SSSR count). The number of anilines is 1. The van der Waals surface area contributed by atoms with Crippen LogP contribution in [-0.2, 0) is 0 Å². The van der Waals surface area contributed by atoms with Gasteiger partial charge in [0, 0.05) is 11.3 Å². The highest BCUT2D eigenvalue weighted by atomic mass is 35.5. The van der Waals surface area contributed by atoms with Crippen LogP contribution in [0.25, 0.3) is 0 Å². The highest BCUT2D eigenvalue weighted by Gasteiger charge is 2.20. The van der Waals surface area contributed by atoms with E-state index in [4.69, 9.17) is 11.6 Å². The Kier molecular flexibility index (Phi) is 4.29. The minimum atomic E-state index is 0.510. The van der Waals surface area contributed by atoms with Crippen LogP contribution in [0, 0.1) is 0 Å². The maximum atomic E-state index is 6.01. The van der Waals surface area contributed by atoms with Crippen LogP contribution in [0.15, 0.2) is 12.5 Å². The first kappa shape index (κ1) is 12.0. The van der Waals surface area contributed by atoms with Gasteiger partial charge in [-0.25, -0.2) is 9.97 Å². The third-order valence-electron chi connectivity index (χ3n) is 3.02. The summed E-state index contributed by atoms with van der Waals surface area (Å²) in [7, 11) is 0. The van der Waals surface area contributed by atoms with E-state index in [2.05, 4.69) is 21.5 Å². The number of hydrogen-bond acceptors (Lipinski definition) is 4. The average molecular weight is 258 g/mol. The van der Waals surface area contributed by atoms with Crippen molar-refractivity contribution < 1.29 is 0 Å². The summed E-state index contributed by atoms with van der Waals surface area (Å²) in [6, 6.07) is 0.510. The largest absolute Gasteiger partial charge is 0.366 e. The molecular formula is C11H16ClN3S. The highest BCUT2D eigenvalue weighted by molar-refractivity contribution is 7.99. The fourth-order valence-electron chi connectivity index (χ4n) is 2.06. The van der Waals surface area contributed by atoms with Crippen molar-refractivity contribution in [3.05, 3.63) is 17.5 Å². The van der Waals surface area contributed by atoms with Crippen LogP contribution in [0.5, 0.6) is 0 Å². The van der Waals surface area contributed by atoms with E-state index in [0.717, 1.165) is 11.1 Å². The molecular weight excluding hydrogens is 242 g/mol. The maximum absolute atomic E-state index is 6.01. The molecule has 5 heteroatoms. The molecule has 1 aromatic heterocycles. The average Bonchev–Trinajstić information content (AvgIpc) is 2.33. The van der Waals surface area contributed by atoms with E-state index in [9.17, 15) is 0 Å². The van der Waals surface area contributed by atoms with Gasteiger partial charge in [0.05, 0.1) is 6.20 Å². The third-order valence-corrected chi connectivity index (χ3v) is 4.43. The van der Waals surface area contributed by atoms with Crippen LogP contribution in [0.3, 0.4) is 0 Å². The molecule has 3 nitrogen and oxygen atoms in total. The Labute approximate surface area is 105 Å². The molecule has 1 heterocycles. The predicted molar refractivity (Wildman–Crippen MR) is 70.2 cm³/mol. The first-order valence-corrected chi connectivity index (χ1v) is 7.21. The molecule has 1 fully saturated rings. The van der Waals surface area contributed by atoms with Gasteiger partial charge >= 0.3 is 0 Å². The summed E-state index contributed by atoms with van der Waals surface area (Å²) in [5.41, 5.74) is 0. The van der Waals surface area contributed by atoms with Crippen molar-refractivity contribution in [2.24, 2.45) is 0 Å². The lowest BCUT2D eigenvalue weighted by Gasteiger charge is -2.28. The molecule has 1 aliphatic carbocycles. The summed E-state index contributed by atoms with van der Waals surface area (Å²) in [5, 5.41) is 4.84. The van der Waals surface area contributed by atoms with E-state index >= 15 is 0 Å². The lowest BCUT2D eigenvalue weighted by atomic mass is 9.95. The molecule has 0 aliphatic heterocycles. The van der Waals surface area contributed by atoms with Crippen molar-refractivity contribution in [2.75, 3.05) is 11.6 Å². The standard InChI is InChI=1S/C11H16ClN3S/c1-16-9-4-2-8(3-5-9)15-11-10(12)6-13-7-14-11/h6-9H,2-5H2,1H3,(H,13,14,15). The normalized spacial score (nSPS) is 25.4. The molecule has 1 N–H and O–H groups in total. The first-order chi connectivity index (χ1) is 7.79. The molecule has 16 heavy (non-hydrogen) atoms. The number of nitrogens with one attached hydrogen (secondary N) is 1. The second-order valence-corrected chi connectivity index (χ2v) is 5.62. The van der Waals surface area contributed by atoms with Crippen molar-refractivity contribution in [1.29, 1.82) is 0 Å². The minimum absolute atomic E-state index is 0.510. The molecule has 0 aromatic carbocycles. The van der Waals surface area contributed by atoms with Gasteiger partial charge in [-0.15, -0.1) is 0 Å². The second-order valence-electron chi connectivity index (χ2n) is 4.07. The van der Waals surface area contributed by atoms with Crippen molar-refractivity contribution >= 4 is 29.2 Å². The van der Waals surface area contributed by atoms with Crippen LogP contribution >= 0.6 is 23.4 Å². The zero-order valence-electron chi connectivity index (χ0n) is 9.32. The Balaban J connectivity index is 1.89. The maximum Gasteiger partial charge on any atom is 0.148 e. The Morgan fingerprint density at radius 1 is 1.38 bits per heavy atom. The van der Waals surface area contributed by atoms with E-state index in [1.165, 1.54) is 32.0 Å². The zero-order valence-corrected chi connectivity index (χ0v) is 10.9. The van der Waals surface area contributed by atoms with Gasteiger partial charge in [-0.2, -0.15) is 11.8 Å². The number of hydrogen-bond donors (Lipinski definition) is 1. The van der Waals surface area contributed by atoms with E-state index < -0.39 is 0 Å². The summed E-state index contributed by atoms with van der Waals surface area (Å²) in [4.78, 5) is 8.03. The van der Waals surface area contributed by atoms with Crippen LogP contribution in [0.1, 0.15) is 25.7 Å². The van der Waals surface area contributed by atoms with Gasteiger partial charge < -0.3 is 5.32 Å². The fourth-order valence-corrected chi connectivity index (χ4v) is 2.96. The third kappa shape index (κ3) is 3.01. The summed E-state index contributed by atoms with van der Waals surface area (Å²) in [6.45, 7) is 0. The smallest absolute Gasteiger partial charge is 0.148 e. The van der Waals surface area contributed by atoms with Gasteiger partial charge in [0.25, 0.3) is 0 Å². The van der Waals surface area contributed by atoms with E-state index in [0.29, 0.717) is 11.1 Å². The number of nitrogens with zero attached hydrogens (tertiary/aromatic N) is 2. The molecule has 0 saturated heterocycles. The van der Waals surface area contributed by atoms with Crippen LogP contribution in [-0.4, -0.2) is 27.5 Å². The molecule has 1 aromatic rings. The van der Waals surface area contributed by atoms with Crippen LogP contribution < -0.4 is 5.32 Å². The lowest BCUT2D eigenvalue weighted by Crippen LogP contribution is -2.27. The summed E-state index contributed by atoms with van der Waals surface area (Å²) < 4.78 is 0. The van der Waals surface area contributed by atoms with Gasteiger partial charge in [-0.05, 0) is 31.9 Å². The number of thioether (sulfide) groups is 1. The van der Waals surface area contributed by atoms with Gasteiger partial charge in [-0.3, -0.25) is 0 Å². The van der Waals surface area contributed by atoms with Crippen molar-refractivity contribution in [3.63, 3.8) is 0 Å². The minimum Gasteiger partial charge on any atom is -0.366 e. The molecule has 0 amide bonds. The monoisotopic (exact) mass is 257 g/mol. The number of halogens is 1. The molecule has 88 valence electrons. The van der Waals surface area contributed by atoms with Gasteiger partial charge in [0.15, 0.2) is 0 Å². The Morgan fingerprint density at radius 3 is 2.75 bits per heavy atom. The SMILES string of the molecule is CSC1CCC(Nc2ncncc2Cl)CC1. The second kappa shape index (κ2) is 5.73. The summed E-state index contributed by atoms with van der Waals surface area (Å²) >= 11 is 7.99. The first-order valence-electron chi connectivity index (χ1n) is 5.54. The fraction of sp³-hybridized carbons (Fsp3) is 0.636. The molecule has 0 radical (unpaired) electrons. The molecule has 0 bridgehead atoms. The van der Waals surface area contributed by atoms with Gasteiger partial charge in [-0.1, -0.05) is 11.6 Å². The zero-order chi connectivity index (χ0) is 11.4. The Morgan fingerprint density at radius 2 is 2.12 bits per heavy atom. The number of rotatable bonds is 3. The molecule has 1 aliphatic rings. The van der Waals surface area contributed by atoms with Crippen molar-refractivity contribution in [1.82, 2.24) is 9.97 Å². The van der Waals surface area contributed by atoms with Gasteiger partial charge in [0.1, 0.15) is 17.2 Å². The van der Waals surface area contributed by atoms with E-state index in [1.54, 1.807) is 6.20 Å². The Hall–Kier alpha value is -0.480. The molecule has 0 atom stereocenters. The van der Waals surface area contributed by atoms with E-state index in [1.807, 2.05) is 11.8 Å². The van der Waals surface area contributed by atoms with E-state index in [-0.39, 0.29) is 0 Å². The highest BCUT2D eigenvalue weighted by Crippen LogP contribution is 2.29. The van der Waals surface area contributed by atoms with Crippen LogP contribution in [0.2, 0.25) is 5.02 Å². The predicted octanol–water partition coefficient (Wildman–Crippen LogP) is 3.22. The molecule has 1 saturated carbocycles. The lowest BCUT2D eigenvalue weighted by molar-refractivity contribution is 0.472. The van der Waals surface area contributed by atoms with Crippen molar-refractivity contribution in [3.8, 4) is 0 Å². The van der Waals surface area contributed by atoms with Crippen molar-refractivity contribution in [2.45, 2.75) is 37.0 Å². The quantitative estimate of drug-likeness (QED) is 0.902. The van der Waals surface area contributed by atoms with Gasteiger partial charge in [0.2, 0.25) is 0 Å².